The van der Waals surface area contributed by atoms with Crippen LogP contribution in [0.15, 0.2) is 41.8 Å². The van der Waals surface area contributed by atoms with Crippen LogP contribution in [0.25, 0.3) is 11.3 Å². The molecule has 35 heavy (non-hydrogen) atoms. The van der Waals surface area contributed by atoms with E-state index in [-0.39, 0.29) is 42.5 Å². The highest BCUT2D eigenvalue weighted by Gasteiger charge is 2.47. The number of hydrogen-bond donors (Lipinski definition) is 1. The summed E-state index contributed by atoms with van der Waals surface area (Å²) in [7, 11) is 0. The minimum absolute atomic E-state index is 0.0808. The number of anilines is 1. The van der Waals surface area contributed by atoms with E-state index in [1.165, 1.54) is 21.8 Å². The lowest BCUT2D eigenvalue weighted by Crippen LogP contribution is -2.34. The quantitative estimate of drug-likeness (QED) is 0.483. The number of hydrogen-bond acceptors (Lipinski definition) is 5. The van der Waals surface area contributed by atoms with Gasteiger partial charge in [-0.05, 0) is 38.3 Å². The third kappa shape index (κ3) is 4.67. The van der Waals surface area contributed by atoms with Crippen molar-refractivity contribution in [3.63, 3.8) is 0 Å². The fraction of sp³-hybridized carbons (Fsp3) is 0.407. The number of likely N-dealkylation sites (tertiary alicyclic amines) is 1. The molecular formula is C27H30N4O3S. The normalized spacial score (nSPS) is 19.8. The van der Waals surface area contributed by atoms with Crippen molar-refractivity contribution in [3.05, 3.63) is 58.7 Å². The van der Waals surface area contributed by atoms with Gasteiger partial charge in [-0.1, -0.05) is 43.2 Å². The minimum Gasteiger partial charge on any atom is -0.344 e. The van der Waals surface area contributed by atoms with Crippen LogP contribution in [0.1, 0.15) is 49.1 Å². The second-order valence-corrected chi connectivity index (χ2v) is 10.4. The Morgan fingerprint density at radius 1 is 1.09 bits per heavy atom. The molecule has 5 rings (SSSR count). The Kier molecular flexibility index (Phi) is 6.56. The fourth-order valence-electron chi connectivity index (χ4n) is 5.37. The molecule has 3 amide bonds. The monoisotopic (exact) mass is 490 g/mol. The number of thiazole rings is 1. The summed E-state index contributed by atoms with van der Waals surface area (Å²) in [5, 5.41) is 5.31. The fourth-order valence-corrected chi connectivity index (χ4v) is 6.10. The molecule has 0 spiro atoms. The van der Waals surface area contributed by atoms with E-state index in [9.17, 15) is 14.4 Å². The lowest BCUT2D eigenvalue weighted by Gasteiger charge is -2.19. The number of amides is 3. The van der Waals surface area contributed by atoms with Crippen molar-refractivity contribution in [2.45, 2.75) is 52.5 Å². The zero-order valence-electron chi connectivity index (χ0n) is 20.1. The van der Waals surface area contributed by atoms with Gasteiger partial charge in [-0.25, -0.2) is 4.98 Å². The minimum atomic E-state index is -0.240. The number of carbonyl (C=O) groups is 3. The summed E-state index contributed by atoms with van der Waals surface area (Å²) in [5.74, 6) is -0.802. The first-order chi connectivity index (χ1) is 16.9. The summed E-state index contributed by atoms with van der Waals surface area (Å²) in [5.41, 5.74) is 5.39. The SMILES string of the molecule is Cc1cc(-c2csc(NC(=O)CCN3C(=O)[C@@H]4CCCC[C@H]4C3=O)n2)c(C)n1Cc1ccccc1. The smallest absolute Gasteiger partial charge is 0.233 e. The molecule has 7 nitrogen and oxygen atoms in total. The third-order valence-electron chi connectivity index (χ3n) is 7.28. The Morgan fingerprint density at radius 3 is 2.46 bits per heavy atom. The second kappa shape index (κ2) is 9.77. The van der Waals surface area contributed by atoms with Gasteiger partial charge in [0.1, 0.15) is 0 Å². The van der Waals surface area contributed by atoms with E-state index in [0.717, 1.165) is 54.9 Å². The third-order valence-corrected chi connectivity index (χ3v) is 8.04. The van der Waals surface area contributed by atoms with Crippen molar-refractivity contribution in [2.75, 3.05) is 11.9 Å². The Balaban J connectivity index is 1.21. The predicted molar refractivity (Wildman–Crippen MR) is 136 cm³/mol. The molecule has 1 aliphatic heterocycles. The second-order valence-electron chi connectivity index (χ2n) is 9.52. The van der Waals surface area contributed by atoms with Crippen LogP contribution in [0.3, 0.4) is 0 Å². The molecule has 1 saturated heterocycles. The summed E-state index contributed by atoms with van der Waals surface area (Å²) in [6, 6.07) is 12.5. The molecule has 2 fully saturated rings. The van der Waals surface area contributed by atoms with Crippen LogP contribution >= 0.6 is 11.3 Å². The van der Waals surface area contributed by atoms with Gasteiger partial charge < -0.3 is 9.88 Å². The highest BCUT2D eigenvalue weighted by atomic mass is 32.1. The first-order valence-electron chi connectivity index (χ1n) is 12.2. The van der Waals surface area contributed by atoms with Crippen molar-refractivity contribution in [1.82, 2.24) is 14.5 Å². The van der Waals surface area contributed by atoms with Gasteiger partial charge in [0, 0.05) is 41.8 Å². The van der Waals surface area contributed by atoms with Crippen LogP contribution in [-0.4, -0.2) is 38.7 Å². The Bertz CT molecular complexity index is 1240. The van der Waals surface area contributed by atoms with Crippen molar-refractivity contribution in [3.8, 4) is 11.3 Å². The maximum absolute atomic E-state index is 12.6. The number of nitrogens with one attached hydrogen (secondary N) is 1. The molecule has 0 bridgehead atoms. The average Bonchev–Trinajstić information content (AvgIpc) is 3.50. The number of carbonyl (C=O) groups excluding carboxylic acids is 3. The molecule has 2 atom stereocenters. The largest absolute Gasteiger partial charge is 0.344 e. The first-order valence-corrected chi connectivity index (χ1v) is 13.1. The Hall–Kier alpha value is -3.26. The first kappa shape index (κ1) is 23.5. The van der Waals surface area contributed by atoms with Crippen LogP contribution in [-0.2, 0) is 20.9 Å². The van der Waals surface area contributed by atoms with E-state index in [1.54, 1.807) is 0 Å². The van der Waals surface area contributed by atoms with Crippen LogP contribution in [0.5, 0.6) is 0 Å². The van der Waals surface area contributed by atoms with E-state index >= 15 is 0 Å². The van der Waals surface area contributed by atoms with Crippen LogP contribution < -0.4 is 5.32 Å². The molecule has 3 heterocycles. The van der Waals surface area contributed by atoms with Gasteiger partial charge in [0.2, 0.25) is 17.7 Å². The van der Waals surface area contributed by atoms with Gasteiger partial charge in [0.25, 0.3) is 0 Å². The number of aromatic nitrogens is 2. The zero-order chi connectivity index (χ0) is 24.5. The molecule has 2 aliphatic rings. The van der Waals surface area contributed by atoms with Gasteiger partial charge in [0.15, 0.2) is 5.13 Å². The van der Waals surface area contributed by atoms with Crippen LogP contribution in [0.4, 0.5) is 5.13 Å². The van der Waals surface area contributed by atoms with Crippen molar-refractivity contribution in [1.29, 1.82) is 0 Å². The molecule has 1 aromatic carbocycles. The maximum Gasteiger partial charge on any atom is 0.233 e. The topological polar surface area (TPSA) is 84.3 Å². The average molecular weight is 491 g/mol. The van der Waals surface area contributed by atoms with Gasteiger partial charge in [0.05, 0.1) is 17.5 Å². The van der Waals surface area contributed by atoms with Crippen LogP contribution in [0, 0.1) is 25.7 Å². The standard InChI is InChI=1S/C27H30N4O3S/c1-17-14-22(18(2)31(17)15-19-8-4-3-5-9-19)23-16-35-27(28-23)29-24(32)12-13-30-25(33)20-10-6-7-11-21(20)26(30)34/h3-5,8-9,14,16,20-21H,6-7,10-13,15H2,1-2H3,(H,28,29,32)/t20-,21-/m1/s1. The molecule has 182 valence electrons. The number of aryl methyl sites for hydroxylation is 1. The van der Waals surface area contributed by atoms with Crippen LogP contribution in [0.2, 0.25) is 0 Å². The summed E-state index contributed by atoms with van der Waals surface area (Å²) in [4.78, 5) is 43.7. The van der Waals surface area contributed by atoms with Crippen molar-refractivity contribution in [2.24, 2.45) is 11.8 Å². The van der Waals surface area contributed by atoms with Gasteiger partial charge in [-0.3, -0.25) is 19.3 Å². The highest BCUT2D eigenvalue weighted by molar-refractivity contribution is 7.14. The van der Waals surface area contributed by atoms with Gasteiger partial charge in [-0.2, -0.15) is 0 Å². The summed E-state index contributed by atoms with van der Waals surface area (Å²) in [6.45, 7) is 5.10. The molecule has 8 heteroatoms. The molecule has 2 aromatic heterocycles. The van der Waals surface area contributed by atoms with E-state index < -0.39 is 0 Å². The van der Waals surface area contributed by atoms with Crippen molar-refractivity contribution < 1.29 is 14.4 Å². The number of rotatable bonds is 7. The predicted octanol–water partition coefficient (Wildman–Crippen LogP) is 4.78. The Morgan fingerprint density at radius 2 is 1.77 bits per heavy atom. The van der Waals surface area contributed by atoms with E-state index in [1.807, 2.05) is 23.6 Å². The molecule has 0 radical (unpaired) electrons. The van der Waals surface area contributed by atoms with Crippen molar-refractivity contribution >= 4 is 34.2 Å². The molecule has 1 N–H and O–H groups in total. The maximum atomic E-state index is 12.6. The number of imide groups is 1. The summed E-state index contributed by atoms with van der Waals surface area (Å²) >= 11 is 1.38. The van der Waals surface area contributed by atoms with E-state index in [4.69, 9.17) is 0 Å². The highest BCUT2D eigenvalue weighted by Crippen LogP contribution is 2.38. The Labute approximate surface area is 209 Å². The van der Waals surface area contributed by atoms with E-state index in [0.29, 0.717) is 5.13 Å². The lowest BCUT2D eigenvalue weighted by atomic mass is 9.81. The summed E-state index contributed by atoms with van der Waals surface area (Å²) in [6.07, 6.45) is 3.64. The molecule has 1 aliphatic carbocycles. The molecule has 1 saturated carbocycles. The van der Waals surface area contributed by atoms with Gasteiger partial charge in [-0.15, -0.1) is 11.3 Å². The number of nitrogens with zero attached hydrogens (tertiary/aromatic N) is 3. The zero-order valence-corrected chi connectivity index (χ0v) is 20.9. The molecular weight excluding hydrogens is 460 g/mol. The number of benzene rings is 1. The van der Waals surface area contributed by atoms with E-state index in [2.05, 4.69) is 46.9 Å². The number of fused-ring (bicyclic) bond motifs is 1. The molecule has 3 aromatic rings. The lowest BCUT2D eigenvalue weighted by molar-refractivity contribution is -0.140. The van der Waals surface area contributed by atoms with Gasteiger partial charge >= 0.3 is 0 Å². The molecule has 0 unspecified atom stereocenters. The summed E-state index contributed by atoms with van der Waals surface area (Å²) < 4.78 is 2.27.